The zero-order valence-electron chi connectivity index (χ0n) is 23.7. The van der Waals surface area contributed by atoms with Crippen LogP contribution < -0.4 is 4.90 Å². The third kappa shape index (κ3) is 4.09. The molecule has 1 nitrogen and oxygen atoms in total. The van der Waals surface area contributed by atoms with E-state index >= 15 is 0 Å². The number of nitrogens with zero attached hydrogens (tertiary/aromatic N) is 1. The summed E-state index contributed by atoms with van der Waals surface area (Å²) in [6.07, 6.45) is 7.83. The summed E-state index contributed by atoms with van der Waals surface area (Å²) >= 11 is 0. The fraction of sp³-hybridized carbons (Fsp3) is 0.0732. The number of aryl methyl sites for hydroxylation is 1. The van der Waals surface area contributed by atoms with E-state index in [4.69, 9.17) is 0 Å². The summed E-state index contributed by atoms with van der Waals surface area (Å²) in [5.41, 5.74) is 14.1. The topological polar surface area (TPSA) is 3.24 Å². The van der Waals surface area contributed by atoms with E-state index in [1.807, 2.05) is 0 Å². The summed E-state index contributed by atoms with van der Waals surface area (Å²) in [7, 11) is 0. The van der Waals surface area contributed by atoms with Crippen LogP contribution in [0.2, 0.25) is 0 Å². The van der Waals surface area contributed by atoms with Crippen molar-refractivity contribution in [3.63, 3.8) is 0 Å². The minimum atomic E-state index is 0.404. The predicted octanol–water partition coefficient (Wildman–Crippen LogP) is 11.2. The van der Waals surface area contributed by atoms with E-state index < -0.39 is 0 Å². The van der Waals surface area contributed by atoms with Crippen molar-refractivity contribution >= 4 is 22.1 Å². The van der Waals surface area contributed by atoms with Crippen molar-refractivity contribution < 1.29 is 0 Å². The van der Waals surface area contributed by atoms with Gasteiger partial charge in [-0.05, 0) is 99.0 Å². The molecule has 0 bridgehead atoms. The summed E-state index contributed by atoms with van der Waals surface area (Å²) < 4.78 is 0. The second-order valence-corrected chi connectivity index (χ2v) is 11.4. The van der Waals surface area contributed by atoms with Crippen LogP contribution in [0.5, 0.6) is 0 Å². The Morgan fingerprint density at radius 3 is 2.00 bits per heavy atom. The van der Waals surface area contributed by atoms with E-state index in [0.717, 1.165) is 6.42 Å². The van der Waals surface area contributed by atoms with Gasteiger partial charge in [-0.15, -0.1) is 0 Å². The van der Waals surface area contributed by atoms with Gasteiger partial charge in [0.15, 0.2) is 0 Å². The molecule has 1 heteroatoms. The monoisotopic (exact) mass is 537 g/mol. The summed E-state index contributed by atoms with van der Waals surface area (Å²) in [6, 6.07) is 49.0. The molecule has 0 fully saturated rings. The van der Waals surface area contributed by atoms with Crippen molar-refractivity contribution in [3.05, 3.63) is 169 Å². The maximum atomic E-state index is 2.46. The van der Waals surface area contributed by atoms with Crippen LogP contribution >= 0.6 is 0 Å². The van der Waals surface area contributed by atoms with E-state index in [2.05, 4.69) is 164 Å². The van der Waals surface area contributed by atoms with Gasteiger partial charge in [-0.2, -0.15) is 0 Å². The SMILES string of the molecule is Cc1cc(-c2ccc3c(c2)N(c2ccccc2)C2=CC=CCC23)cc(-c2ccc(-c3ccccc3)c3ccccc23)c1. The van der Waals surface area contributed by atoms with Gasteiger partial charge < -0.3 is 4.90 Å². The Morgan fingerprint density at radius 2 is 1.24 bits per heavy atom. The van der Waals surface area contributed by atoms with E-state index in [1.54, 1.807) is 0 Å². The predicted molar refractivity (Wildman–Crippen MR) is 178 cm³/mol. The van der Waals surface area contributed by atoms with Crippen LogP contribution in [0, 0.1) is 6.92 Å². The Balaban J connectivity index is 1.26. The Labute approximate surface area is 247 Å². The van der Waals surface area contributed by atoms with E-state index in [-0.39, 0.29) is 0 Å². The fourth-order valence-corrected chi connectivity index (χ4v) is 6.88. The second kappa shape index (κ2) is 10.0. The van der Waals surface area contributed by atoms with Crippen LogP contribution in [-0.4, -0.2) is 0 Å². The lowest BCUT2D eigenvalue weighted by Crippen LogP contribution is -2.14. The molecule has 8 rings (SSSR count). The van der Waals surface area contributed by atoms with Crippen molar-refractivity contribution in [3.8, 4) is 33.4 Å². The quantitative estimate of drug-likeness (QED) is 0.216. The highest BCUT2D eigenvalue weighted by Gasteiger charge is 2.34. The lowest BCUT2D eigenvalue weighted by atomic mass is 9.89. The van der Waals surface area contributed by atoms with Gasteiger partial charge in [0, 0.05) is 17.3 Å². The van der Waals surface area contributed by atoms with Crippen molar-refractivity contribution in [2.45, 2.75) is 19.3 Å². The highest BCUT2D eigenvalue weighted by atomic mass is 15.2. The van der Waals surface area contributed by atoms with Crippen LogP contribution in [0.4, 0.5) is 11.4 Å². The van der Waals surface area contributed by atoms with Crippen molar-refractivity contribution in [2.24, 2.45) is 0 Å². The Kier molecular flexibility index (Phi) is 5.89. The molecule has 0 radical (unpaired) electrons. The third-order valence-corrected chi connectivity index (χ3v) is 8.78. The van der Waals surface area contributed by atoms with Crippen LogP contribution in [-0.2, 0) is 0 Å². The minimum Gasteiger partial charge on any atom is -0.313 e. The number of fused-ring (bicyclic) bond motifs is 4. The molecule has 42 heavy (non-hydrogen) atoms. The number of hydrogen-bond donors (Lipinski definition) is 0. The molecule has 0 spiro atoms. The molecular formula is C41H31N. The van der Waals surface area contributed by atoms with Gasteiger partial charge in [-0.25, -0.2) is 0 Å². The maximum Gasteiger partial charge on any atom is 0.0503 e. The Hall–Kier alpha value is -5.14. The molecule has 6 aromatic rings. The molecule has 0 aromatic heterocycles. The molecule has 1 atom stereocenters. The number of benzene rings is 6. The Morgan fingerprint density at radius 1 is 0.571 bits per heavy atom. The first-order valence-electron chi connectivity index (χ1n) is 14.8. The van der Waals surface area contributed by atoms with Crippen LogP contribution in [0.1, 0.15) is 23.5 Å². The number of anilines is 2. The van der Waals surface area contributed by atoms with Crippen molar-refractivity contribution in [1.29, 1.82) is 0 Å². The highest BCUT2D eigenvalue weighted by Crippen LogP contribution is 2.51. The standard InChI is InChI=1S/C41H31N/c1-28-24-31(26-32(25-28)35-23-22-34(29-12-4-2-5-13-29)36-16-8-9-17-37(35)36)30-20-21-39-38-18-10-11-19-40(38)42(41(39)27-30)33-14-6-3-7-15-33/h2-17,19-27,38H,18H2,1H3. The first-order valence-corrected chi connectivity index (χ1v) is 14.8. The summed E-state index contributed by atoms with van der Waals surface area (Å²) in [4.78, 5) is 2.46. The molecule has 1 aliphatic heterocycles. The molecule has 2 aliphatic rings. The molecular weight excluding hydrogens is 506 g/mol. The molecule has 6 aromatic carbocycles. The van der Waals surface area contributed by atoms with Gasteiger partial charge in [0.2, 0.25) is 0 Å². The first-order chi connectivity index (χ1) is 20.7. The minimum absolute atomic E-state index is 0.404. The molecule has 0 N–H and O–H groups in total. The first kappa shape index (κ1) is 24.6. The molecule has 1 unspecified atom stereocenters. The lowest BCUT2D eigenvalue weighted by Gasteiger charge is -2.24. The zero-order valence-corrected chi connectivity index (χ0v) is 23.7. The van der Waals surface area contributed by atoms with E-state index in [0.29, 0.717) is 5.92 Å². The fourth-order valence-electron chi connectivity index (χ4n) is 6.88. The zero-order chi connectivity index (χ0) is 28.0. The summed E-state index contributed by atoms with van der Waals surface area (Å²) in [6.45, 7) is 2.21. The lowest BCUT2D eigenvalue weighted by molar-refractivity contribution is 0.819. The van der Waals surface area contributed by atoms with Crippen LogP contribution in [0.3, 0.4) is 0 Å². The molecule has 1 heterocycles. The number of rotatable bonds is 4. The van der Waals surface area contributed by atoms with Crippen molar-refractivity contribution in [1.82, 2.24) is 0 Å². The highest BCUT2D eigenvalue weighted by molar-refractivity contribution is 6.05. The molecule has 0 saturated carbocycles. The van der Waals surface area contributed by atoms with Gasteiger partial charge >= 0.3 is 0 Å². The molecule has 0 saturated heterocycles. The van der Waals surface area contributed by atoms with Gasteiger partial charge in [0.1, 0.15) is 0 Å². The van der Waals surface area contributed by atoms with Crippen molar-refractivity contribution in [2.75, 3.05) is 4.90 Å². The smallest absolute Gasteiger partial charge is 0.0503 e. The van der Waals surface area contributed by atoms with E-state index in [1.165, 1.54) is 72.4 Å². The Bertz CT molecular complexity index is 2010. The average molecular weight is 538 g/mol. The summed E-state index contributed by atoms with van der Waals surface area (Å²) in [5, 5.41) is 2.56. The van der Waals surface area contributed by atoms with Crippen LogP contribution in [0.25, 0.3) is 44.2 Å². The second-order valence-electron chi connectivity index (χ2n) is 11.4. The number of allylic oxidation sites excluding steroid dienone is 4. The number of hydrogen-bond acceptors (Lipinski definition) is 1. The largest absolute Gasteiger partial charge is 0.313 e. The normalized spacial score (nSPS) is 15.4. The van der Waals surface area contributed by atoms with Gasteiger partial charge in [-0.3, -0.25) is 0 Å². The summed E-state index contributed by atoms with van der Waals surface area (Å²) in [5.74, 6) is 0.404. The number of para-hydroxylation sites is 1. The average Bonchev–Trinajstić information content (AvgIpc) is 3.38. The maximum absolute atomic E-state index is 2.46. The molecule has 1 aliphatic carbocycles. The van der Waals surface area contributed by atoms with Gasteiger partial charge in [0.05, 0.1) is 5.69 Å². The van der Waals surface area contributed by atoms with E-state index in [9.17, 15) is 0 Å². The van der Waals surface area contributed by atoms with Gasteiger partial charge in [0.25, 0.3) is 0 Å². The third-order valence-electron chi connectivity index (χ3n) is 8.78. The molecule has 200 valence electrons. The van der Waals surface area contributed by atoms with Crippen LogP contribution in [0.15, 0.2) is 157 Å². The molecule has 0 amide bonds. The van der Waals surface area contributed by atoms with Gasteiger partial charge in [-0.1, -0.05) is 121 Å².